The first-order valence-electron chi connectivity index (χ1n) is 9.23. The van der Waals surface area contributed by atoms with Crippen molar-refractivity contribution in [3.8, 4) is 11.5 Å². The minimum Gasteiger partial charge on any atom is -0.454 e. The Hall–Kier alpha value is -3.65. The summed E-state index contributed by atoms with van der Waals surface area (Å²) in [7, 11) is 0. The number of halogens is 1. The van der Waals surface area contributed by atoms with Crippen molar-refractivity contribution in [2.45, 2.75) is 6.42 Å². The number of H-pyrrole nitrogens is 1. The number of hydrogen-bond donors (Lipinski definition) is 2. The topological polar surface area (TPSA) is 76.2 Å². The van der Waals surface area contributed by atoms with Gasteiger partial charge in [-0.1, -0.05) is 18.2 Å². The summed E-state index contributed by atoms with van der Waals surface area (Å²) < 4.78 is 25.2. The number of aromatic amines is 1. The first-order chi connectivity index (χ1) is 14.7. The molecule has 1 amide bonds. The Balaban J connectivity index is 1.39. The highest BCUT2D eigenvalue weighted by atomic mass is 32.1. The molecule has 2 N–H and O–H groups in total. The number of carbonyl (C=O) groups is 1. The van der Waals surface area contributed by atoms with Crippen molar-refractivity contribution in [3.63, 3.8) is 0 Å². The predicted octanol–water partition coefficient (Wildman–Crippen LogP) is 4.84. The van der Waals surface area contributed by atoms with Crippen LogP contribution in [0.4, 0.5) is 10.1 Å². The standard InChI is InChI=1S/C22H16FN3O3S/c23-16-11-18-15(10-19(16)24-22(27)9-14-2-1-7-30-14)17(25-26-18)5-3-13-4-6-20-21(8-13)29-12-28-20/h1-8,10-11H,9,12H2,(H,24,27)(H,25,26)/b5-3+. The maximum Gasteiger partial charge on any atom is 0.231 e. The van der Waals surface area contributed by atoms with Crippen LogP contribution in [0.3, 0.4) is 0 Å². The molecule has 2 aromatic carbocycles. The van der Waals surface area contributed by atoms with Crippen LogP contribution in [0, 0.1) is 5.82 Å². The number of rotatable bonds is 5. The maximum absolute atomic E-state index is 14.4. The smallest absolute Gasteiger partial charge is 0.231 e. The molecular weight excluding hydrogens is 405 g/mol. The highest BCUT2D eigenvalue weighted by Crippen LogP contribution is 2.33. The quantitative estimate of drug-likeness (QED) is 0.483. The number of hydrogen-bond acceptors (Lipinski definition) is 5. The molecule has 2 aromatic heterocycles. The molecule has 0 bridgehead atoms. The number of amides is 1. The van der Waals surface area contributed by atoms with Crippen LogP contribution in [0.5, 0.6) is 11.5 Å². The SMILES string of the molecule is O=C(Cc1cccs1)Nc1cc2c(/C=C/c3ccc4c(c3)OCO4)n[nH]c2cc1F. The Kier molecular flexibility index (Phi) is 4.68. The molecule has 0 spiro atoms. The second kappa shape index (κ2) is 7.64. The van der Waals surface area contributed by atoms with E-state index in [2.05, 4.69) is 15.5 Å². The second-order valence-corrected chi connectivity index (χ2v) is 7.77. The van der Waals surface area contributed by atoms with Crippen molar-refractivity contribution < 1.29 is 18.7 Å². The summed E-state index contributed by atoms with van der Waals surface area (Å²) in [6, 6.07) is 12.3. The summed E-state index contributed by atoms with van der Waals surface area (Å²) in [4.78, 5) is 13.2. The fourth-order valence-corrected chi connectivity index (χ4v) is 3.94. The molecule has 1 aliphatic rings. The van der Waals surface area contributed by atoms with Crippen molar-refractivity contribution in [2.24, 2.45) is 0 Å². The summed E-state index contributed by atoms with van der Waals surface area (Å²) in [6.45, 7) is 0.221. The zero-order chi connectivity index (χ0) is 20.5. The number of nitrogens with one attached hydrogen (secondary N) is 2. The van der Waals surface area contributed by atoms with Gasteiger partial charge in [-0.2, -0.15) is 5.10 Å². The zero-order valence-electron chi connectivity index (χ0n) is 15.6. The molecule has 150 valence electrons. The summed E-state index contributed by atoms with van der Waals surface area (Å²) >= 11 is 1.49. The van der Waals surface area contributed by atoms with Crippen molar-refractivity contribution in [1.82, 2.24) is 10.2 Å². The Morgan fingerprint density at radius 2 is 2.10 bits per heavy atom. The van der Waals surface area contributed by atoms with Crippen LogP contribution >= 0.6 is 11.3 Å². The lowest BCUT2D eigenvalue weighted by Gasteiger charge is -2.06. The third-order valence-electron chi connectivity index (χ3n) is 4.70. The van der Waals surface area contributed by atoms with Gasteiger partial charge < -0.3 is 14.8 Å². The lowest BCUT2D eigenvalue weighted by atomic mass is 10.1. The summed E-state index contributed by atoms with van der Waals surface area (Å²) in [5, 5.41) is 12.4. The molecule has 5 rings (SSSR count). The van der Waals surface area contributed by atoms with Crippen LogP contribution in [0.15, 0.2) is 47.8 Å². The number of ether oxygens (including phenoxy) is 2. The Morgan fingerprint density at radius 1 is 1.20 bits per heavy atom. The molecule has 0 atom stereocenters. The third kappa shape index (κ3) is 3.65. The van der Waals surface area contributed by atoms with E-state index >= 15 is 0 Å². The van der Waals surface area contributed by atoms with Crippen LogP contribution in [0.1, 0.15) is 16.1 Å². The minimum absolute atomic E-state index is 0.128. The van der Waals surface area contributed by atoms with Crippen LogP contribution in [-0.4, -0.2) is 22.9 Å². The second-order valence-electron chi connectivity index (χ2n) is 6.74. The van der Waals surface area contributed by atoms with Gasteiger partial charge in [-0.05, 0) is 41.3 Å². The van der Waals surface area contributed by atoms with Gasteiger partial charge in [0.15, 0.2) is 11.5 Å². The number of anilines is 1. The molecule has 30 heavy (non-hydrogen) atoms. The summed E-state index contributed by atoms with van der Waals surface area (Å²) in [6.07, 6.45) is 3.92. The molecule has 3 heterocycles. The van der Waals surface area contributed by atoms with E-state index in [1.165, 1.54) is 17.4 Å². The van der Waals surface area contributed by atoms with Crippen molar-refractivity contribution in [1.29, 1.82) is 0 Å². The fourth-order valence-electron chi connectivity index (χ4n) is 3.24. The monoisotopic (exact) mass is 421 g/mol. The lowest BCUT2D eigenvalue weighted by Crippen LogP contribution is -2.14. The van der Waals surface area contributed by atoms with Gasteiger partial charge in [0.25, 0.3) is 0 Å². The normalized spacial score (nSPS) is 12.7. The number of fused-ring (bicyclic) bond motifs is 2. The molecule has 0 saturated carbocycles. The predicted molar refractivity (Wildman–Crippen MR) is 114 cm³/mol. The van der Waals surface area contributed by atoms with Crippen molar-refractivity contribution >= 4 is 46.0 Å². The first kappa shape index (κ1) is 18.4. The fraction of sp³-hybridized carbons (Fsp3) is 0.0909. The number of thiophene rings is 1. The van der Waals surface area contributed by atoms with E-state index in [1.807, 2.05) is 47.9 Å². The van der Waals surface area contributed by atoms with E-state index in [0.29, 0.717) is 22.3 Å². The van der Waals surface area contributed by atoms with Crippen molar-refractivity contribution in [3.05, 3.63) is 69.8 Å². The average Bonchev–Trinajstić information content (AvgIpc) is 3.47. The number of nitrogens with zero attached hydrogens (tertiary/aromatic N) is 1. The first-order valence-corrected chi connectivity index (χ1v) is 10.1. The van der Waals surface area contributed by atoms with E-state index < -0.39 is 5.82 Å². The molecule has 0 aliphatic carbocycles. The Bertz CT molecular complexity index is 1260. The van der Waals surface area contributed by atoms with Gasteiger partial charge in [0.2, 0.25) is 12.7 Å². The molecule has 0 unspecified atom stereocenters. The van der Waals surface area contributed by atoms with Gasteiger partial charge >= 0.3 is 0 Å². The van der Waals surface area contributed by atoms with Crippen molar-refractivity contribution in [2.75, 3.05) is 12.1 Å². The van der Waals surface area contributed by atoms with Gasteiger partial charge in [0.05, 0.1) is 23.3 Å². The van der Waals surface area contributed by atoms with Gasteiger partial charge in [-0.25, -0.2) is 4.39 Å². The van der Waals surface area contributed by atoms with E-state index in [4.69, 9.17) is 9.47 Å². The zero-order valence-corrected chi connectivity index (χ0v) is 16.5. The van der Waals surface area contributed by atoms with Gasteiger partial charge in [0.1, 0.15) is 5.82 Å². The molecule has 6 nitrogen and oxygen atoms in total. The molecule has 0 radical (unpaired) electrons. The summed E-state index contributed by atoms with van der Waals surface area (Å²) in [5.41, 5.74) is 2.23. The van der Waals surface area contributed by atoms with E-state index in [0.717, 1.165) is 16.2 Å². The van der Waals surface area contributed by atoms with E-state index in [9.17, 15) is 9.18 Å². The molecular formula is C22H16FN3O3S. The molecule has 0 saturated heterocycles. The minimum atomic E-state index is -0.517. The number of aromatic nitrogens is 2. The summed E-state index contributed by atoms with van der Waals surface area (Å²) in [5.74, 6) is 0.631. The number of benzene rings is 2. The van der Waals surface area contributed by atoms with Crippen LogP contribution in [0.25, 0.3) is 23.1 Å². The average molecular weight is 421 g/mol. The maximum atomic E-state index is 14.4. The van der Waals surface area contributed by atoms with Gasteiger partial charge in [-0.15, -0.1) is 11.3 Å². The van der Waals surface area contributed by atoms with E-state index in [-0.39, 0.29) is 24.8 Å². The van der Waals surface area contributed by atoms with Crippen LogP contribution in [-0.2, 0) is 11.2 Å². The molecule has 4 aromatic rings. The third-order valence-corrected chi connectivity index (χ3v) is 5.58. The van der Waals surface area contributed by atoms with Crippen LogP contribution in [0.2, 0.25) is 0 Å². The largest absolute Gasteiger partial charge is 0.454 e. The van der Waals surface area contributed by atoms with Gasteiger partial charge in [-0.3, -0.25) is 9.89 Å². The molecule has 1 aliphatic heterocycles. The molecule has 0 fully saturated rings. The molecule has 8 heteroatoms. The Labute approximate surface area is 174 Å². The highest BCUT2D eigenvalue weighted by molar-refractivity contribution is 7.10. The number of carbonyl (C=O) groups excluding carboxylic acids is 1. The van der Waals surface area contributed by atoms with Gasteiger partial charge in [0, 0.05) is 16.3 Å². The van der Waals surface area contributed by atoms with Crippen LogP contribution < -0.4 is 14.8 Å². The highest BCUT2D eigenvalue weighted by Gasteiger charge is 2.14. The van der Waals surface area contributed by atoms with E-state index in [1.54, 1.807) is 6.07 Å². The lowest BCUT2D eigenvalue weighted by molar-refractivity contribution is -0.115. The Morgan fingerprint density at radius 3 is 2.97 bits per heavy atom.